The first kappa shape index (κ1) is 10.5. The van der Waals surface area contributed by atoms with Crippen LogP contribution in [0.15, 0.2) is 59.1 Å². The van der Waals surface area contributed by atoms with Crippen molar-refractivity contribution in [2.75, 3.05) is 0 Å². The first-order chi connectivity index (χ1) is 8.29. The smallest absolute Gasteiger partial charge is 0.201 e. The molecule has 0 saturated heterocycles. The van der Waals surface area contributed by atoms with Crippen LogP contribution in [0.4, 0.5) is 0 Å². The molecule has 1 aliphatic rings. The lowest BCUT2D eigenvalue weighted by Crippen LogP contribution is -1.92. The zero-order valence-corrected chi connectivity index (χ0v) is 10.6. The van der Waals surface area contributed by atoms with Crippen LogP contribution in [0.3, 0.4) is 0 Å². The third-order valence-corrected chi connectivity index (χ3v) is 3.68. The summed E-state index contributed by atoms with van der Waals surface area (Å²) in [6, 6.07) is 17.7. The highest BCUT2D eigenvalue weighted by Gasteiger charge is 2.28. The second-order valence-corrected chi connectivity index (χ2v) is 4.72. The van der Waals surface area contributed by atoms with Crippen LogP contribution >= 0.6 is 15.9 Å². The van der Waals surface area contributed by atoms with Gasteiger partial charge in [-0.1, -0.05) is 54.6 Å². The Labute approximate surface area is 108 Å². The van der Waals surface area contributed by atoms with Gasteiger partial charge in [0.2, 0.25) is 5.78 Å². The Balaban J connectivity index is 2.27. The standard InChI is InChI=1S/C15H9BrO/c16-14-13(10-6-2-1-3-7-10)11-8-4-5-9-12(11)15(14)17/h1-9H. The molecule has 1 aliphatic carbocycles. The molecular formula is C15H9BrO. The minimum Gasteiger partial charge on any atom is -0.288 e. The van der Waals surface area contributed by atoms with Crippen LogP contribution in [-0.4, -0.2) is 5.78 Å². The second-order valence-electron chi connectivity index (χ2n) is 3.93. The van der Waals surface area contributed by atoms with Crippen molar-refractivity contribution in [3.05, 3.63) is 75.8 Å². The first-order valence-electron chi connectivity index (χ1n) is 5.38. The lowest BCUT2D eigenvalue weighted by atomic mass is 9.99. The third-order valence-electron chi connectivity index (χ3n) is 2.92. The van der Waals surface area contributed by atoms with E-state index in [9.17, 15) is 4.79 Å². The van der Waals surface area contributed by atoms with E-state index in [2.05, 4.69) is 15.9 Å². The van der Waals surface area contributed by atoms with Crippen LogP contribution in [0.2, 0.25) is 0 Å². The van der Waals surface area contributed by atoms with Gasteiger partial charge in [-0.25, -0.2) is 0 Å². The molecular weight excluding hydrogens is 276 g/mol. The molecule has 0 fully saturated rings. The van der Waals surface area contributed by atoms with Crippen LogP contribution in [0.5, 0.6) is 0 Å². The largest absolute Gasteiger partial charge is 0.288 e. The highest BCUT2D eigenvalue weighted by atomic mass is 79.9. The maximum absolute atomic E-state index is 12.1. The second kappa shape index (κ2) is 3.97. The number of rotatable bonds is 1. The predicted molar refractivity (Wildman–Crippen MR) is 72.2 cm³/mol. The Hall–Kier alpha value is -1.67. The quantitative estimate of drug-likeness (QED) is 0.773. The minimum absolute atomic E-state index is 0.0689. The van der Waals surface area contributed by atoms with Gasteiger partial charge in [0.05, 0.1) is 4.48 Å². The average Bonchev–Trinajstić information content (AvgIpc) is 2.64. The summed E-state index contributed by atoms with van der Waals surface area (Å²) in [6.45, 7) is 0. The molecule has 0 bridgehead atoms. The van der Waals surface area contributed by atoms with E-state index < -0.39 is 0 Å². The Morgan fingerprint density at radius 1 is 0.765 bits per heavy atom. The zero-order valence-electron chi connectivity index (χ0n) is 8.98. The van der Waals surface area contributed by atoms with Crippen molar-refractivity contribution in [2.24, 2.45) is 0 Å². The molecule has 2 aromatic rings. The van der Waals surface area contributed by atoms with Gasteiger partial charge in [-0.15, -0.1) is 0 Å². The van der Waals surface area contributed by atoms with Crippen LogP contribution in [-0.2, 0) is 0 Å². The summed E-state index contributed by atoms with van der Waals surface area (Å²) < 4.78 is 0.657. The molecule has 17 heavy (non-hydrogen) atoms. The molecule has 0 aliphatic heterocycles. The highest BCUT2D eigenvalue weighted by Crippen LogP contribution is 2.39. The number of allylic oxidation sites excluding steroid dienone is 1. The summed E-state index contributed by atoms with van der Waals surface area (Å²) in [6.07, 6.45) is 0. The summed E-state index contributed by atoms with van der Waals surface area (Å²) >= 11 is 3.42. The van der Waals surface area contributed by atoms with Gasteiger partial charge in [-0.2, -0.15) is 0 Å². The highest BCUT2D eigenvalue weighted by molar-refractivity contribution is 9.12. The van der Waals surface area contributed by atoms with Gasteiger partial charge in [0.1, 0.15) is 0 Å². The number of halogens is 1. The molecule has 2 heteroatoms. The topological polar surface area (TPSA) is 17.1 Å². The van der Waals surface area contributed by atoms with Crippen molar-refractivity contribution in [3.8, 4) is 0 Å². The summed E-state index contributed by atoms with van der Waals surface area (Å²) in [5.41, 5.74) is 3.85. The molecule has 2 aromatic carbocycles. The number of benzene rings is 2. The molecule has 0 aromatic heterocycles. The van der Waals surface area contributed by atoms with E-state index in [1.165, 1.54) is 0 Å². The molecule has 0 amide bonds. The van der Waals surface area contributed by atoms with Crippen molar-refractivity contribution in [2.45, 2.75) is 0 Å². The Kier molecular flexibility index (Phi) is 2.45. The van der Waals surface area contributed by atoms with Gasteiger partial charge in [-0.05, 0) is 27.1 Å². The van der Waals surface area contributed by atoms with Crippen LogP contribution < -0.4 is 0 Å². The molecule has 0 spiro atoms. The van der Waals surface area contributed by atoms with Crippen molar-refractivity contribution < 1.29 is 4.79 Å². The number of carbonyl (C=O) groups excluding carboxylic acids is 1. The molecule has 0 radical (unpaired) electrons. The normalized spacial score (nSPS) is 14.1. The van der Waals surface area contributed by atoms with Gasteiger partial charge in [0.25, 0.3) is 0 Å². The number of hydrogen-bond donors (Lipinski definition) is 0. The van der Waals surface area contributed by atoms with Gasteiger partial charge in [-0.3, -0.25) is 4.79 Å². The predicted octanol–water partition coefficient (Wildman–Crippen LogP) is 4.04. The molecule has 0 heterocycles. The van der Waals surface area contributed by atoms with Gasteiger partial charge < -0.3 is 0 Å². The average molecular weight is 285 g/mol. The lowest BCUT2D eigenvalue weighted by molar-refractivity contribution is 0.104. The molecule has 3 rings (SSSR count). The summed E-state index contributed by atoms with van der Waals surface area (Å²) in [7, 11) is 0. The monoisotopic (exact) mass is 284 g/mol. The van der Waals surface area contributed by atoms with Crippen LogP contribution in [0.25, 0.3) is 5.57 Å². The van der Waals surface area contributed by atoms with Crippen molar-refractivity contribution in [1.82, 2.24) is 0 Å². The maximum atomic E-state index is 12.1. The Morgan fingerprint density at radius 3 is 2.06 bits per heavy atom. The van der Waals surface area contributed by atoms with E-state index in [-0.39, 0.29) is 5.78 Å². The number of fused-ring (bicyclic) bond motifs is 1. The molecule has 1 nitrogen and oxygen atoms in total. The molecule has 0 atom stereocenters. The molecule has 0 N–H and O–H groups in total. The zero-order chi connectivity index (χ0) is 11.8. The molecule has 0 saturated carbocycles. The summed E-state index contributed by atoms with van der Waals surface area (Å²) in [5.74, 6) is 0.0689. The van der Waals surface area contributed by atoms with E-state index in [1.807, 2.05) is 54.6 Å². The number of ketones is 1. The fourth-order valence-corrected chi connectivity index (χ4v) is 2.79. The van der Waals surface area contributed by atoms with Crippen molar-refractivity contribution >= 4 is 27.3 Å². The van der Waals surface area contributed by atoms with Crippen LogP contribution in [0.1, 0.15) is 21.5 Å². The van der Waals surface area contributed by atoms with E-state index >= 15 is 0 Å². The number of Topliss-reactive ketones (excluding diaryl/α,β-unsaturated/α-hetero) is 1. The summed E-state index contributed by atoms with van der Waals surface area (Å²) in [4.78, 5) is 12.1. The SMILES string of the molecule is O=C1C(Br)=C(c2ccccc2)c2ccccc21. The minimum atomic E-state index is 0.0689. The van der Waals surface area contributed by atoms with E-state index in [0.29, 0.717) is 4.48 Å². The van der Waals surface area contributed by atoms with E-state index in [4.69, 9.17) is 0 Å². The third kappa shape index (κ3) is 1.56. The maximum Gasteiger partial charge on any atom is 0.201 e. The molecule has 82 valence electrons. The Bertz CT molecular complexity index is 626. The summed E-state index contributed by atoms with van der Waals surface area (Å²) in [5, 5.41) is 0. The first-order valence-corrected chi connectivity index (χ1v) is 6.17. The fourth-order valence-electron chi connectivity index (χ4n) is 2.14. The van der Waals surface area contributed by atoms with Gasteiger partial charge in [0.15, 0.2) is 0 Å². The fraction of sp³-hybridized carbons (Fsp3) is 0. The number of carbonyl (C=O) groups is 1. The van der Waals surface area contributed by atoms with E-state index in [1.54, 1.807) is 0 Å². The Morgan fingerprint density at radius 2 is 1.35 bits per heavy atom. The van der Waals surface area contributed by atoms with Gasteiger partial charge in [0, 0.05) is 11.1 Å². The van der Waals surface area contributed by atoms with E-state index in [0.717, 1.165) is 22.3 Å². The van der Waals surface area contributed by atoms with Gasteiger partial charge >= 0.3 is 0 Å². The van der Waals surface area contributed by atoms with Crippen molar-refractivity contribution in [1.29, 1.82) is 0 Å². The molecule has 0 unspecified atom stereocenters. The number of hydrogen-bond acceptors (Lipinski definition) is 1. The van der Waals surface area contributed by atoms with Crippen molar-refractivity contribution in [3.63, 3.8) is 0 Å². The lowest BCUT2D eigenvalue weighted by Gasteiger charge is -2.04. The van der Waals surface area contributed by atoms with Crippen LogP contribution in [0, 0.1) is 0 Å².